The van der Waals surface area contributed by atoms with Crippen LogP contribution in [0.4, 0.5) is 0 Å². The van der Waals surface area contributed by atoms with Crippen LogP contribution in [0, 0.1) is 5.92 Å². The van der Waals surface area contributed by atoms with Gasteiger partial charge in [0, 0.05) is 5.92 Å². The predicted octanol–water partition coefficient (Wildman–Crippen LogP) is 2.43. The van der Waals surface area contributed by atoms with Gasteiger partial charge in [-0.3, -0.25) is 4.79 Å². The minimum atomic E-state index is -0.143. The Balaban J connectivity index is 0. The molecule has 0 aromatic carbocycles. The Kier molecular flexibility index (Phi) is 15.1. The predicted molar refractivity (Wildman–Crippen MR) is 66.5 cm³/mol. The van der Waals surface area contributed by atoms with Crippen molar-refractivity contribution >= 4 is 5.91 Å². The van der Waals surface area contributed by atoms with Gasteiger partial charge in [0.2, 0.25) is 5.91 Å². The van der Waals surface area contributed by atoms with E-state index in [4.69, 9.17) is 11.5 Å². The normalized spacial score (nSPS) is 11.5. The topological polar surface area (TPSA) is 69.1 Å². The van der Waals surface area contributed by atoms with Crippen molar-refractivity contribution in [1.29, 1.82) is 0 Å². The Hall–Kier alpha value is -0.570. The number of nitrogens with two attached hydrogens (primary N) is 2. The summed E-state index contributed by atoms with van der Waals surface area (Å²) in [5.41, 5.74) is 10.3. The van der Waals surface area contributed by atoms with Crippen molar-refractivity contribution < 1.29 is 4.79 Å². The van der Waals surface area contributed by atoms with Crippen LogP contribution in [-0.4, -0.2) is 12.5 Å². The smallest absolute Gasteiger partial charge is 0.220 e. The average molecular weight is 216 g/mol. The number of rotatable bonds is 7. The van der Waals surface area contributed by atoms with Crippen molar-refractivity contribution in [3.8, 4) is 0 Å². The standard InChI is InChI=1S/C8H17NO.C4H11N/c1-3-5-6-7(4-2)8(9)10;1-2-3-4-5/h7H,3-6H2,1-2H3,(H2,9,10);2-5H2,1H3. The van der Waals surface area contributed by atoms with Gasteiger partial charge in [0.1, 0.15) is 0 Å². The van der Waals surface area contributed by atoms with Crippen LogP contribution < -0.4 is 11.5 Å². The lowest BCUT2D eigenvalue weighted by Crippen LogP contribution is -2.22. The molecule has 0 aliphatic heterocycles. The molecule has 0 aliphatic rings. The Labute approximate surface area is 94.6 Å². The van der Waals surface area contributed by atoms with Crippen molar-refractivity contribution in [3.63, 3.8) is 0 Å². The molecule has 0 heterocycles. The van der Waals surface area contributed by atoms with Gasteiger partial charge in [-0.2, -0.15) is 0 Å². The minimum Gasteiger partial charge on any atom is -0.369 e. The van der Waals surface area contributed by atoms with E-state index >= 15 is 0 Å². The van der Waals surface area contributed by atoms with Crippen molar-refractivity contribution in [1.82, 2.24) is 0 Å². The van der Waals surface area contributed by atoms with Gasteiger partial charge < -0.3 is 11.5 Å². The summed E-state index contributed by atoms with van der Waals surface area (Å²) >= 11 is 0. The lowest BCUT2D eigenvalue weighted by molar-refractivity contribution is -0.122. The molecule has 3 nitrogen and oxygen atoms in total. The number of hydrogen-bond acceptors (Lipinski definition) is 2. The summed E-state index contributed by atoms with van der Waals surface area (Å²) in [7, 11) is 0. The first-order valence-corrected chi connectivity index (χ1v) is 6.13. The van der Waals surface area contributed by atoms with Gasteiger partial charge in [-0.1, -0.05) is 40.0 Å². The summed E-state index contributed by atoms with van der Waals surface area (Å²) in [6.45, 7) is 7.10. The molecule has 1 amide bonds. The van der Waals surface area contributed by atoms with E-state index in [-0.39, 0.29) is 11.8 Å². The van der Waals surface area contributed by atoms with E-state index in [9.17, 15) is 4.79 Å². The lowest BCUT2D eigenvalue weighted by atomic mass is 9.99. The van der Waals surface area contributed by atoms with E-state index in [0.29, 0.717) is 0 Å². The third-order valence-corrected chi connectivity index (χ3v) is 2.36. The molecule has 0 saturated carbocycles. The highest BCUT2D eigenvalue weighted by Gasteiger charge is 2.10. The van der Waals surface area contributed by atoms with E-state index in [1.165, 1.54) is 12.8 Å². The molecule has 0 fully saturated rings. The van der Waals surface area contributed by atoms with Crippen LogP contribution in [0.3, 0.4) is 0 Å². The maximum absolute atomic E-state index is 10.7. The highest BCUT2D eigenvalue weighted by molar-refractivity contribution is 5.76. The maximum Gasteiger partial charge on any atom is 0.220 e. The summed E-state index contributed by atoms with van der Waals surface area (Å²) in [6, 6.07) is 0. The molecule has 0 aromatic rings. The van der Waals surface area contributed by atoms with E-state index in [0.717, 1.165) is 32.2 Å². The molecule has 0 aromatic heterocycles. The second-order valence-corrected chi connectivity index (χ2v) is 3.79. The van der Waals surface area contributed by atoms with Crippen molar-refractivity contribution in [2.75, 3.05) is 6.54 Å². The molecular weight excluding hydrogens is 188 g/mol. The molecule has 0 rings (SSSR count). The lowest BCUT2D eigenvalue weighted by Gasteiger charge is -2.08. The monoisotopic (exact) mass is 216 g/mol. The number of unbranched alkanes of at least 4 members (excludes halogenated alkanes) is 2. The summed E-state index contributed by atoms with van der Waals surface area (Å²) in [4.78, 5) is 10.7. The second-order valence-electron chi connectivity index (χ2n) is 3.79. The number of hydrogen-bond donors (Lipinski definition) is 2. The van der Waals surface area contributed by atoms with Crippen molar-refractivity contribution in [2.45, 2.75) is 59.3 Å². The summed E-state index contributed by atoms with van der Waals surface area (Å²) in [6.07, 6.45) is 6.49. The highest BCUT2D eigenvalue weighted by atomic mass is 16.1. The largest absolute Gasteiger partial charge is 0.369 e. The first-order valence-electron chi connectivity index (χ1n) is 6.13. The average Bonchev–Trinajstić information content (AvgIpc) is 2.20. The molecule has 92 valence electrons. The molecular formula is C12H28N2O. The molecule has 3 heteroatoms. The zero-order valence-corrected chi connectivity index (χ0v) is 10.6. The molecule has 0 saturated heterocycles. The van der Waals surface area contributed by atoms with E-state index < -0.39 is 0 Å². The van der Waals surface area contributed by atoms with E-state index in [1.807, 2.05) is 6.92 Å². The SMILES string of the molecule is CCCCC(CC)C(N)=O.CCCCN. The van der Waals surface area contributed by atoms with Gasteiger partial charge in [-0.25, -0.2) is 0 Å². The van der Waals surface area contributed by atoms with E-state index in [2.05, 4.69) is 13.8 Å². The molecule has 1 atom stereocenters. The Morgan fingerprint density at radius 2 is 1.67 bits per heavy atom. The maximum atomic E-state index is 10.7. The first kappa shape index (κ1) is 16.8. The number of amides is 1. The first-order chi connectivity index (χ1) is 7.13. The van der Waals surface area contributed by atoms with Crippen LogP contribution in [0.15, 0.2) is 0 Å². The highest BCUT2D eigenvalue weighted by Crippen LogP contribution is 2.10. The van der Waals surface area contributed by atoms with Crippen LogP contribution in [0.25, 0.3) is 0 Å². The van der Waals surface area contributed by atoms with Gasteiger partial charge in [-0.05, 0) is 25.8 Å². The minimum absolute atomic E-state index is 0.111. The van der Waals surface area contributed by atoms with Gasteiger partial charge in [0.05, 0.1) is 0 Å². The van der Waals surface area contributed by atoms with Gasteiger partial charge in [-0.15, -0.1) is 0 Å². The third-order valence-electron chi connectivity index (χ3n) is 2.36. The summed E-state index contributed by atoms with van der Waals surface area (Å²) in [5.74, 6) is -0.0316. The second kappa shape index (κ2) is 13.4. The van der Waals surface area contributed by atoms with Crippen LogP contribution in [-0.2, 0) is 4.79 Å². The molecule has 0 radical (unpaired) electrons. The van der Waals surface area contributed by atoms with Crippen molar-refractivity contribution in [2.24, 2.45) is 17.4 Å². The van der Waals surface area contributed by atoms with Gasteiger partial charge >= 0.3 is 0 Å². The Morgan fingerprint density at radius 1 is 1.13 bits per heavy atom. The van der Waals surface area contributed by atoms with Crippen LogP contribution in [0.1, 0.15) is 59.3 Å². The molecule has 4 N–H and O–H groups in total. The quantitative estimate of drug-likeness (QED) is 0.686. The van der Waals surface area contributed by atoms with Crippen LogP contribution in [0.2, 0.25) is 0 Å². The fourth-order valence-electron chi connectivity index (χ4n) is 1.20. The zero-order valence-electron chi connectivity index (χ0n) is 10.6. The molecule has 0 spiro atoms. The Morgan fingerprint density at radius 3 is 1.87 bits per heavy atom. The third kappa shape index (κ3) is 13.4. The fourth-order valence-corrected chi connectivity index (χ4v) is 1.20. The summed E-state index contributed by atoms with van der Waals surface area (Å²) in [5, 5.41) is 0. The van der Waals surface area contributed by atoms with Gasteiger partial charge in [0.25, 0.3) is 0 Å². The summed E-state index contributed by atoms with van der Waals surface area (Å²) < 4.78 is 0. The molecule has 0 bridgehead atoms. The number of carbonyl (C=O) groups excluding carboxylic acids is 1. The fraction of sp³-hybridized carbons (Fsp3) is 0.917. The Bertz CT molecular complexity index is 136. The molecule has 0 aliphatic carbocycles. The zero-order chi connectivity index (χ0) is 12.1. The molecule has 15 heavy (non-hydrogen) atoms. The van der Waals surface area contributed by atoms with Crippen LogP contribution >= 0.6 is 0 Å². The number of primary amides is 1. The number of carbonyl (C=O) groups is 1. The molecule has 1 unspecified atom stereocenters. The van der Waals surface area contributed by atoms with Crippen molar-refractivity contribution in [3.05, 3.63) is 0 Å². The van der Waals surface area contributed by atoms with E-state index in [1.54, 1.807) is 0 Å². The van der Waals surface area contributed by atoms with Crippen LogP contribution in [0.5, 0.6) is 0 Å². The van der Waals surface area contributed by atoms with Gasteiger partial charge in [0.15, 0.2) is 0 Å².